The number of hydrogen-bond donors (Lipinski definition) is 3. The molecule has 0 aliphatic carbocycles. The van der Waals surface area contributed by atoms with E-state index in [0.29, 0.717) is 24.1 Å². The molecular formula is C19H22F2N6O2. The molecule has 0 aromatic carbocycles. The maximum Gasteiger partial charge on any atom is 0.168 e. The third-order valence-electron chi connectivity index (χ3n) is 5.13. The number of anilines is 1. The molecule has 10 heteroatoms. The average Bonchev–Trinajstić information content (AvgIpc) is 3.12. The first-order valence-corrected chi connectivity index (χ1v) is 9.26. The van der Waals surface area contributed by atoms with Gasteiger partial charge < -0.3 is 20.1 Å². The second kappa shape index (κ2) is 7.62. The van der Waals surface area contributed by atoms with Crippen molar-refractivity contribution >= 4 is 16.9 Å². The third kappa shape index (κ3) is 3.66. The molecule has 2 unspecified atom stereocenters. The molecule has 0 spiro atoms. The second-order valence-electron chi connectivity index (χ2n) is 7.34. The number of nitrogens with zero attached hydrogens (tertiary/aromatic N) is 4. The summed E-state index contributed by atoms with van der Waals surface area (Å²) < 4.78 is 34.3. The molecule has 1 aliphatic heterocycles. The number of aliphatic hydroxyl groups is 1. The number of nitrogens with one attached hydrogen (secondary N) is 2. The van der Waals surface area contributed by atoms with Crippen molar-refractivity contribution in [2.75, 3.05) is 38.3 Å². The van der Waals surface area contributed by atoms with Crippen molar-refractivity contribution in [3.63, 3.8) is 0 Å². The zero-order chi connectivity index (χ0) is 20.6. The van der Waals surface area contributed by atoms with Gasteiger partial charge in [0.15, 0.2) is 23.1 Å². The topological polar surface area (TPSA) is 99.2 Å². The number of fused-ring (bicyclic) bond motifs is 1. The van der Waals surface area contributed by atoms with Gasteiger partial charge in [0.1, 0.15) is 17.0 Å². The fraction of sp³-hybridized carbons (Fsp3) is 0.421. The van der Waals surface area contributed by atoms with Crippen molar-refractivity contribution in [1.82, 2.24) is 25.5 Å². The minimum atomic E-state index is -1.16. The van der Waals surface area contributed by atoms with Crippen molar-refractivity contribution in [2.24, 2.45) is 0 Å². The number of aromatic nitrogens is 4. The maximum atomic E-state index is 14.6. The van der Waals surface area contributed by atoms with Crippen molar-refractivity contribution in [3.8, 4) is 11.4 Å². The van der Waals surface area contributed by atoms with Crippen LogP contribution in [-0.2, 0) is 4.74 Å². The van der Waals surface area contributed by atoms with Gasteiger partial charge in [-0.2, -0.15) is 5.10 Å². The Morgan fingerprint density at radius 2 is 2.17 bits per heavy atom. The quantitative estimate of drug-likeness (QED) is 0.592. The molecule has 3 aromatic rings. The van der Waals surface area contributed by atoms with Crippen LogP contribution in [0.25, 0.3) is 22.4 Å². The molecule has 154 valence electrons. The SMILES string of the molecule is COCC(C)(O)C1CN(c2nc(-c3n[nH]c4ncccc34)c(F)cc2F)CCN1. The monoisotopic (exact) mass is 404 g/mol. The molecule has 1 aliphatic rings. The van der Waals surface area contributed by atoms with Crippen LogP contribution in [0.15, 0.2) is 24.4 Å². The number of methoxy groups -OCH3 is 1. The summed E-state index contributed by atoms with van der Waals surface area (Å²) in [6.45, 7) is 3.02. The van der Waals surface area contributed by atoms with Crippen LogP contribution in [0.3, 0.4) is 0 Å². The first kappa shape index (κ1) is 19.6. The van der Waals surface area contributed by atoms with Crippen LogP contribution in [-0.4, -0.2) is 70.3 Å². The van der Waals surface area contributed by atoms with E-state index in [4.69, 9.17) is 4.74 Å². The number of H-pyrrole nitrogens is 1. The minimum absolute atomic E-state index is 0.0150. The zero-order valence-electron chi connectivity index (χ0n) is 16.1. The number of halogens is 2. The summed E-state index contributed by atoms with van der Waals surface area (Å²) in [5.74, 6) is -1.56. The minimum Gasteiger partial charge on any atom is -0.386 e. The summed E-state index contributed by atoms with van der Waals surface area (Å²) in [5.41, 5.74) is -0.451. The number of aromatic amines is 1. The van der Waals surface area contributed by atoms with Gasteiger partial charge in [-0.15, -0.1) is 0 Å². The normalized spacial score (nSPS) is 19.5. The van der Waals surface area contributed by atoms with Crippen LogP contribution >= 0.6 is 0 Å². The van der Waals surface area contributed by atoms with Crippen LogP contribution in [0, 0.1) is 11.6 Å². The fourth-order valence-corrected chi connectivity index (χ4v) is 3.63. The highest BCUT2D eigenvalue weighted by atomic mass is 19.1. The van der Waals surface area contributed by atoms with Gasteiger partial charge in [0.25, 0.3) is 0 Å². The highest BCUT2D eigenvalue weighted by Gasteiger charge is 2.36. The Bertz CT molecular complexity index is 1030. The van der Waals surface area contributed by atoms with Crippen molar-refractivity contribution in [1.29, 1.82) is 0 Å². The molecule has 1 saturated heterocycles. The summed E-state index contributed by atoms with van der Waals surface area (Å²) in [7, 11) is 1.51. The Balaban J connectivity index is 1.71. The van der Waals surface area contributed by atoms with E-state index in [1.54, 1.807) is 30.2 Å². The summed E-state index contributed by atoms with van der Waals surface area (Å²) in [6.07, 6.45) is 1.59. The van der Waals surface area contributed by atoms with E-state index in [1.807, 2.05) is 0 Å². The van der Waals surface area contributed by atoms with Gasteiger partial charge in [-0.25, -0.2) is 18.7 Å². The molecule has 3 N–H and O–H groups in total. The molecule has 8 nitrogen and oxygen atoms in total. The maximum absolute atomic E-state index is 14.6. The number of ether oxygens (including phenoxy) is 1. The molecule has 2 atom stereocenters. The lowest BCUT2D eigenvalue weighted by molar-refractivity contribution is -0.0442. The molecule has 4 rings (SSSR count). The summed E-state index contributed by atoms with van der Waals surface area (Å²) in [6, 6.07) is 3.90. The predicted octanol–water partition coefficient (Wildman–Crippen LogP) is 1.47. The smallest absolute Gasteiger partial charge is 0.168 e. The van der Waals surface area contributed by atoms with E-state index in [2.05, 4.69) is 25.5 Å². The lowest BCUT2D eigenvalue weighted by Crippen LogP contribution is -2.62. The van der Waals surface area contributed by atoms with E-state index in [9.17, 15) is 13.9 Å². The van der Waals surface area contributed by atoms with Gasteiger partial charge in [0.05, 0.1) is 12.6 Å². The van der Waals surface area contributed by atoms with Crippen molar-refractivity contribution in [3.05, 3.63) is 36.0 Å². The van der Waals surface area contributed by atoms with Gasteiger partial charge in [0, 0.05) is 44.4 Å². The molecule has 0 bridgehead atoms. The lowest BCUT2D eigenvalue weighted by atomic mass is 9.95. The predicted molar refractivity (Wildman–Crippen MR) is 104 cm³/mol. The molecule has 1 fully saturated rings. The Labute approximate surface area is 165 Å². The van der Waals surface area contributed by atoms with E-state index in [1.165, 1.54) is 7.11 Å². The Morgan fingerprint density at radius 3 is 2.97 bits per heavy atom. The van der Waals surface area contributed by atoms with Gasteiger partial charge in [0.2, 0.25) is 0 Å². The summed E-state index contributed by atoms with van der Waals surface area (Å²) in [4.78, 5) is 10.1. The van der Waals surface area contributed by atoms with Crippen molar-refractivity contribution in [2.45, 2.75) is 18.6 Å². The van der Waals surface area contributed by atoms with E-state index < -0.39 is 17.2 Å². The van der Waals surface area contributed by atoms with Gasteiger partial charge in [-0.05, 0) is 19.1 Å². The number of rotatable bonds is 5. The van der Waals surface area contributed by atoms with Crippen LogP contribution in [0.1, 0.15) is 6.92 Å². The second-order valence-corrected chi connectivity index (χ2v) is 7.34. The molecule has 29 heavy (non-hydrogen) atoms. The number of pyridine rings is 2. The van der Waals surface area contributed by atoms with E-state index >= 15 is 0 Å². The standard InChI is InChI=1S/C19H22F2N6O2/c1-19(28,10-29-2)14-9-27(7-6-22-14)18-13(21)8-12(20)16(24-18)15-11-4-3-5-23-17(11)26-25-15/h3-5,8,14,22,28H,6-7,9-10H2,1-2H3,(H,23,25,26). The lowest BCUT2D eigenvalue weighted by Gasteiger charge is -2.41. The largest absolute Gasteiger partial charge is 0.386 e. The van der Waals surface area contributed by atoms with E-state index in [-0.39, 0.29) is 36.4 Å². The molecular weight excluding hydrogens is 382 g/mol. The highest BCUT2D eigenvalue weighted by molar-refractivity contribution is 5.89. The molecule has 0 amide bonds. The number of hydrogen-bond acceptors (Lipinski definition) is 7. The van der Waals surface area contributed by atoms with Gasteiger partial charge >= 0.3 is 0 Å². The Morgan fingerprint density at radius 1 is 1.34 bits per heavy atom. The van der Waals surface area contributed by atoms with Crippen LogP contribution in [0.2, 0.25) is 0 Å². The average molecular weight is 404 g/mol. The summed E-state index contributed by atoms with van der Waals surface area (Å²) >= 11 is 0. The summed E-state index contributed by atoms with van der Waals surface area (Å²) in [5, 5.41) is 21.3. The fourth-order valence-electron chi connectivity index (χ4n) is 3.63. The first-order chi connectivity index (χ1) is 13.9. The van der Waals surface area contributed by atoms with Gasteiger partial charge in [-0.3, -0.25) is 5.10 Å². The van der Waals surface area contributed by atoms with Gasteiger partial charge in [-0.1, -0.05) is 0 Å². The van der Waals surface area contributed by atoms with Crippen LogP contribution < -0.4 is 10.2 Å². The molecule has 4 heterocycles. The van der Waals surface area contributed by atoms with Crippen LogP contribution in [0.4, 0.5) is 14.6 Å². The molecule has 0 radical (unpaired) electrons. The number of piperazine rings is 1. The first-order valence-electron chi connectivity index (χ1n) is 9.26. The highest BCUT2D eigenvalue weighted by Crippen LogP contribution is 2.30. The molecule has 0 saturated carbocycles. The molecule has 3 aromatic heterocycles. The zero-order valence-corrected chi connectivity index (χ0v) is 16.1. The Hall–Kier alpha value is -2.69. The third-order valence-corrected chi connectivity index (χ3v) is 5.13. The van der Waals surface area contributed by atoms with Crippen molar-refractivity contribution < 1.29 is 18.6 Å². The van der Waals surface area contributed by atoms with Crippen LogP contribution in [0.5, 0.6) is 0 Å². The van der Waals surface area contributed by atoms with E-state index in [0.717, 1.165) is 6.07 Å². The Kier molecular flexibility index (Phi) is 5.15.